The molecule has 2 rings (SSSR count). The maximum Gasteiger partial charge on any atom is 0.307 e. The van der Waals surface area contributed by atoms with Gasteiger partial charge in [-0.1, -0.05) is 6.07 Å². The predicted octanol–water partition coefficient (Wildman–Crippen LogP) is 4.03. The first-order valence-electron chi connectivity index (χ1n) is 6.35. The van der Waals surface area contributed by atoms with E-state index >= 15 is 0 Å². The number of hydrogen-bond donors (Lipinski definition) is 2. The number of halogens is 1. The quantitative estimate of drug-likeness (QED) is 0.764. The van der Waals surface area contributed by atoms with E-state index in [2.05, 4.69) is 22.6 Å². The van der Waals surface area contributed by atoms with E-state index in [1.165, 1.54) is 0 Å². The average Bonchev–Trinajstić information content (AvgIpc) is 2.37. The third-order valence-corrected chi connectivity index (χ3v) is 3.83. The number of carboxylic acid groups (broad SMARTS) is 1. The largest absolute Gasteiger partial charge is 0.508 e. The zero-order chi connectivity index (χ0) is 15.6. The van der Waals surface area contributed by atoms with Gasteiger partial charge < -0.3 is 14.9 Å². The molecule has 110 valence electrons. The van der Waals surface area contributed by atoms with E-state index in [4.69, 9.17) is 9.84 Å². The normalized spacial score (nSPS) is 10.4. The van der Waals surface area contributed by atoms with Crippen LogP contribution in [0.15, 0.2) is 30.3 Å². The van der Waals surface area contributed by atoms with E-state index in [9.17, 15) is 9.90 Å². The number of phenols is 1. The smallest absolute Gasteiger partial charge is 0.307 e. The number of aryl methyl sites for hydroxylation is 2. The number of ether oxygens (including phenoxy) is 1. The summed E-state index contributed by atoms with van der Waals surface area (Å²) in [7, 11) is 0. The van der Waals surface area contributed by atoms with Gasteiger partial charge in [0.2, 0.25) is 0 Å². The molecule has 0 aliphatic carbocycles. The van der Waals surface area contributed by atoms with Crippen LogP contribution in [0.25, 0.3) is 0 Å². The zero-order valence-corrected chi connectivity index (χ0v) is 13.8. The highest BCUT2D eigenvalue weighted by molar-refractivity contribution is 14.1. The molecule has 2 aromatic carbocycles. The molecule has 0 aromatic heterocycles. The van der Waals surface area contributed by atoms with E-state index < -0.39 is 5.97 Å². The maximum atomic E-state index is 10.8. The minimum Gasteiger partial charge on any atom is -0.508 e. The van der Waals surface area contributed by atoms with Crippen LogP contribution >= 0.6 is 22.6 Å². The van der Waals surface area contributed by atoms with Gasteiger partial charge >= 0.3 is 5.97 Å². The Morgan fingerprint density at radius 2 is 1.90 bits per heavy atom. The van der Waals surface area contributed by atoms with Crippen molar-refractivity contribution in [2.75, 3.05) is 0 Å². The Balaban J connectivity index is 2.31. The molecule has 0 heterocycles. The van der Waals surface area contributed by atoms with Gasteiger partial charge in [0.15, 0.2) is 0 Å². The summed E-state index contributed by atoms with van der Waals surface area (Å²) >= 11 is 2.13. The Hall–Kier alpha value is -1.76. The highest BCUT2D eigenvalue weighted by atomic mass is 127. The van der Waals surface area contributed by atoms with E-state index in [1.54, 1.807) is 25.1 Å². The van der Waals surface area contributed by atoms with Crippen molar-refractivity contribution in [2.45, 2.75) is 20.3 Å². The van der Waals surface area contributed by atoms with Crippen molar-refractivity contribution in [2.24, 2.45) is 0 Å². The van der Waals surface area contributed by atoms with Gasteiger partial charge in [0.05, 0.1) is 9.99 Å². The lowest BCUT2D eigenvalue weighted by Crippen LogP contribution is -2.02. The number of carboxylic acids is 1. The van der Waals surface area contributed by atoms with Gasteiger partial charge in [-0.25, -0.2) is 0 Å². The summed E-state index contributed by atoms with van der Waals surface area (Å²) in [6, 6.07) is 8.67. The lowest BCUT2D eigenvalue weighted by atomic mass is 10.1. The summed E-state index contributed by atoms with van der Waals surface area (Å²) in [4.78, 5) is 10.8. The predicted molar refractivity (Wildman–Crippen MR) is 88.2 cm³/mol. The fraction of sp³-hybridized carbons (Fsp3) is 0.188. The molecule has 0 atom stereocenters. The number of carbonyl (C=O) groups is 1. The van der Waals surface area contributed by atoms with Gasteiger partial charge in [-0.3, -0.25) is 4.79 Å². The standard InChI is InChI=1S/C16H15IO4/c1-9-6-12(3-4-14(9)18)21-16-10(2)5-11(7-13(16)17)8-15(19)20/h3-7,18H,8H2,1-2H3,(H,19,20). The molecule has 0 amide bonds. The number of aliphatic carboxylic acids is 1. The molecule has 2 N–H and O–H groups in total. The SMILES string of the molecule is Cc1cc(Oc2c(C)cc(CC(=O)O)cc2I)ccc1O. The fourth-order valence-electron chi connectivity index (χ4n) is 2.02. The zero-order valence-electron chi connectivity index (χ0n) is 11.7. The Morgan fingerprint density at radius 1 is 1.19 bits per heavy atom. The average molecular weight is 398 g/mol. The third-order valence-electron chi connectivity index (χ3n) is 3.03. The first-order chi connectivity index (χ1) is 9.86. The third kappa shape index (κ3) is 3.87. The van der Waals surface area contributed by atoms with Gasteiger partial charge in [-0.15, -0.1) is 0 Å². The lowest BCUT2D eigenvalue weighted by molar-refractivity contribution is -0.136. The van der Waals surface area contributed by atoms with Gasteiger partial charge in [0.1, 0.15) is 17.2 Å². The highest BCUT2D eigenvalue weighted by Crippen LogP contribution is 2.33. The number of phenolic OH excluding ortho intramolecular Hbond substituents is 1. The molecule has 21 heavy (non-hydrogen) atoms. The molecular formula is C16H15IO4. The number of aromatic hydroxyl groups is 1. The van der Waals surface area contributed by atoms with Gasteiger partial charge in [0.25, 0.3) is 0 Å². The molecular weight excluding hydrogens is 383 g/mol. The summed E-state index contributed by atoms with van der Waals surface area (Å²) < 4.78 is 6.73. The topological polar surface area (TPSA) is 66.8 Å². The Bertz CT molecular complexity index is 672. The van der Waals surface area contributed by atoms with Crippen LogP contribution in [-0.4, -0.2) is 16.2 Å². The monoisotopic (exact) mass is 398 g/mol. The number of benzene rings is 2. The van der Waals surface area contributed by atoms with E-state index in [-0.39, 0.29) is 12.2 Å². The molecule has 0 aliphatic rings. The van der Waals surface area contributed by atoms with E-state index in [0.29, 0.717) is 11.5 Å². The summed E-state index contributed by atoms with van der Waals surface area (Å²) in [6.07, 6.45) is -0.00452. The summed E-state index contributed by atoms with van der Waals surface area (Å²) in [5.41, 5.74) is 2.37. The summed E-state index contributed by atoms with van der Waals surface area (Å²) in [5, 5.41) is 18.4. The second-order valence-electron chi connectivity index (χ2n) is 4.84. The van der Waals surface area contributed by atoms with Crippen molar-refractivity contribution in [3.63, 3.8) is 0 Å². The van der Waals surface area contributed by atoms with Crippen molar-refractivity contribution in [3.05, 3.63) is 50.6 Å². The second-order valence-corrected chi connectivity index (χ2v) is 6.01. The van der Waals surface area contributed by atoms with E-state index in [1.807, 2.05) is 19.1 Å². The van der Waals surface area contributed by atoms with Gasteiger partial charge in [-0.05, 0) is 77.4 Å². The molecule has 0 saturated carbocycles. The Morgan fingerprint density at radius 3 is 2.48 bits per heavy atom. The van der Waals surface area contributed by atoms with Gasteiger partial charge in [0, 0.05) is 0 Å². The summed E-state index contributed by atoms with van der Waals surface area (Å²) in [6.45, 7) is 3.69. The van der Waals surface area contributed by atoms with Crippen molar-refractivity contribution in [1.82, 2.24) is 0 Å². The minimum atomic E-state index is -0.854. The highest BCUT2D eigenvalue weighted by Gasteiger charge is 2.11. The molecule has 0 aliphatic heterocycles. The minimum absolute atomic E-state index is 0.00452. The van der Waals surface area contributed by atoms with Crippen molar-refractivity contribution in [1.29, 1.82) is 0 Å². The van der Waals surface area contributed by atoms with Crippen molar-refractivity contribution < 1.29 is 19.7 Å². The Kier molecular flexibility index (Phi) is 4.72. The summed E-state index contributed by atoms with van der Waals surface area (Å²) in [5.74, 6) is 0.714. The maximum absolute atomic E-state index is 10.8. The molecule has 5 heteroatoms. The molecule has 0 radical (unpaired) electrons. The van der Waals surface area contributed by atoms with Crippen LogP contribution in [-0.2, 0) is 11.2 Å². The molecule has 0 fully saturated rings. The van der Waals surface area contributed by atoms with Crippen LogP contribution in [0.3, 0.4) is 0 Å². The van der Waals surface area contributed by atoms with Crippen LogP contribution in [0.5, 0.6) is 17.2 Å². The van der Waals surface area contributed by atoms with Crippen LogP contribution in [0, 0.1) is 17.4 Å². The van der Waals surface area contributed by atoms with Crippen LogP contribution < -0.4 is 4.74 Å². The molecule has 0 saturated heterocycles. The first-order valence-corrected chi connectivity index (χ1v) is 7.43. The van der Waals surface area contributed by atoms with Crippen molar-refractivity contribution in [3.8, 4) is 17.2 Å². The Labute approximate surface area is 136 Å². The van der Waals surface area contributed by atoms with Crippen LogP contribution in [0.1, 0.15) is 16.7 Å². The lowest BCUT2D eigenvalue weighted by Gasteiger charge is -2.13. The molecule has 0 bridgehead atoms. The fourth-order valence-corrected chi connectivity index (χ4v) is 2.95. The molecule has 0 spiro atoms. The van der Waals surface area contributed by atoms with E-state index in [0.717, 1.165) is 20.3 Å². The molecule has 4 nitrogen and oxygen atoms in total. The van der Waals surface area contributed by atoms with Crippen molar-refractivity contribution >= 4 is 28.6 Å². The second kappa shape index (κ2) is 6.34. The van der Waals surface area contributed by atoms with Crippen LogP contribution in [0.2, 0.25) is 0 Å². The molecule has 0 unspecified atom stereocenters. The number of rotatable bonds is 4. The first kappa shape index (κ1) is 15.6. The number of hydrogen-bond acceptors (Lipinski definition) is 3. The molecule has 2 aromatic rings. The van der Waals surface area contributed by atoms with Crippen LogP contribution in [0.4, 0.5) is 0 Å². The van der Waals surface area contributed by atoms with Gasteiger partial charge in [-0.2, -0.15) is 0 Å².